The zero-order chi connectivity index (χ0) is 15.4. The lowest BCUT2D eigenvalue weighted by Crippen LogP contribution is -2.23. The molecule has 0 aliphatic heterocycles. The van der Waals surface area contributed by atoms with Gasteiger partial charge in [-0.05, 0) is 6.07 Å². The van der Waals surface area contributed by atoms with E-state index in [1.807, 2.05) is 0 Å². The van der Waals surface area contributed by atoms with Crippen molar-refractivity contribution in [3.8, 4) is 0 Å². The highest BCUT2D eigenvalue weighted by Gasteiger charge is 2.11. The van der Waals surface area contributed by atoms with Crippen LogP contribution in [0.15, 0.2) is 24.7 Å². The van der Waals surface area contributed by atoms with Gasteiger partial charge in [0.15, 0.2) is 0 Å². The van der Waals surface area contributed by atoms with E-state index in [0.29, 0.717) is 5.69 Å². The molecule has 0 atom stereocenters. The third-order valence-corrected chi connectivity index (χ3v) is 3.22. The number of aromatic nitrogens is 3. The fourth-order valence-corrected chi connectivity index (χ4v) is 1.76. The number of halogens is 2. The Morgan fingerprint density at radius 2 is 2.10 bits per heavy atom. The Morgan fingerprint density at radius 3 is 2.76 bits per heavy atom. The van der Waals surface area contributed by atoms with Gasteiger partial charge in [-0.3, -0.25) is 14.3 Å². The summed E-state index contributed by atoms with van der Waals surface area (Å²) in [6, 6.07) is 1.42. The minimum Gasteiger partial charge on any atom is -0.358 e. The number of carbonyl (C=O) groups is 2. The number of carbonyl (C=O) groups excluding carboxylic acids is 2. The Bertz CT molecular complexity index is 686. The van der Waals surface area contributed by atoms with Crippen molar-refractivity contribution in [1.29, 1.82) is 0 Å². The van der Waals surface area contributed by atoms with Crippen LogP contribution in [0.25, 0.3) is 0 Å². The molecule has 0 saturated heterocycles. The molecule has 7 nitrogen and oxygen atoms in total. The summed E-state index contributed by atoms with van der Waals surface area (Å²) in [5.74, 6) is -0.592. The van der Waals surface area contributed by atoms with Gasteiger partial charge in [-0.25, -0.2) is 4.98 Å². The maximum absolute atomic E-state index is 12.0. The van der Waals surface area contributed by atoms with Gasteiger partial charge in [-0.15, -0.1) is 0 Å². The molecule has 21 heavy (non-hydrogen) atoms. The molecule has 110 valence electrons. The Morgan fingerprint density at radius 1 is 1.33 bits per heavy atom. The predicted molar refractivity (Wildman–Crippen MR) is 78.5 cm³/mol. The molecule has 0 radical (unpaired) electrons. The molecule has 0 aliphatic carbocycles. The summed E-state index contributed by atoms with van der Waals surface area (Å²) in [5.41, 5.74) is 0.721. The highest BCUT2D eigenvalue weighted by molar-refractivity contribution is 6.41. The quantitative estimate of drug-likeness (QED) is 0.834. The van der Waals surface area contributed by atoms with Crippen LogP contribution in [0.1, 0.15) is 10.4 Å². The molecule has 2 aromatic heterocycles. The van der Waals surface area contributed by atoms with Gasteiger partial charge in [0.05, 0.1) is 22.5 Å². The Labute approximate surface area is 130 Å². The lowest BCUT2D eigenvalue weighted by atomic mass is 10.2. The van der Waals surface area contributed by atoms with Crippen LogP contribution in [-0.4, -0.2) is 33.6 Å². The maximum Gasteiger partial charge on any atom is 0.257 e. The van der Waals surface area contributed by atoms with Crippen molar-refractivity contribution in [2.45, 2.75) is 6.54 Å². The van der Waals surface area contributed by atoms with E-state index in [4.69, 9.17) is 23.2 Å². The molecule has 2 aromatic rings. The Hall–Kier alpha value is -2.12. The number of nitrogens with zero attached hydrogens (tertiary/aromatic N) is 3. The highest BCUT2D eigenvalue weighted by atomic mass is 35.5. The fourth-order valence-electron chi connectivity index (χ4n) is 1.49. The molecule has 0 fully saturated rings. The zero-order valence-corrected chi connectivity index (χ0v) is 12.4. The van der Waals surface area contributed by atoms with Crippen molar-refractivity contribution >= 4 is 40.7 Å². The Balaban J connectivity index is 2.05. The van der Waals surface area contributed by atoms with Crippen molar-refractivity contribution in [1.82, 2.24) is 20.1 Å². The number of rotatable bonds is 4. The van der Waals surface area contributed by atoms with Crippen molar-refractivity contribution in [3.63, 3.8) is 0 Å². The summed E-state index contributed by atoms with van der Waals surface area (Å²) < 4.78 is 1.40. The van der Waals surface area contributed by atoms with Gasteiger partial charge in [0, 0.05) is 19.4 Å². The van der Waals surface area contributed by atoms with Crippen LogP contribution < -0.4 is 10.6 Å². The van der Waals surface area contributed by atoms with E-state index in [-0.39, 0.29) is 28.2 Å². The van der Waals surface area contributed by atoms with E-state index >= 15 is 0 Å². The van der Waals surface area contributed by atoms with Crippen LogP contribution in [0.3, 0.4) is 0 Å². The van der Waals surface area contributed by atoms with Crippen LogP contribution in [-0.2, 0) is 11.3 Å². The van der Waals surface area contributed by atoms with Gasteiger partial charge in [0.2, 0.25) is 5.91 Å². The molecule has 2 heterocycles. The molecule has 0 bridgehead atoms. The normalized spacial score (nSPS) is 10.2. The third-order valence-electron chi connectivity index (χ3n) is 2.53. The number of hydrogen-bond donors (Lipinski definition) is 2. The van der Waals surface area contributed by atoms with Crippen LogP contribution in [0.5, 0.6) is 0 Å². The predicted octanol–water partition coefficient (Wildman–Crippen LogP) is 1.58. The molecule has 2 N–H and O–H groups in total. The molecule has 0 spiro atoms. The summed E-state index contributed by atoms with van der Waals surface area (Å²) in [6.07, 6.45) is 4.29. The summed E-state index contributed by atoms with van der Waals surface area (Å²) in [4.78, 5) is 27.0. The lowest BCUT2D eigenvalue weighted by Gasteiger charge is -2.03. The topological polar surface area (TPSA) is 88.9 Å². The molecular formula is C12H11Cl2N5O2. The van der Waals surface area contributed by atoms with Gasteiger partial charge < -0.3 is 10.6 Å². The van der Waals surface area contributed by atoms with E-state index in [2.05, 4.69) is 20.7 Å². The van der Waals surface area contributed by atoms with Crippen LogP contribution in [0.2, 0.25) is 10.2 Å². The fraction of sp³-hybridized carbons (Fsp3) is 0.167. The number of pyridine rings is 1. The van der Waals surface area contributed by atoms with Crippen LogP contribution >= 0.6 is 23.2 Å². The van der Waals surface area contributed by atoms with E-state index in [0.717, 1.165) is 0 Å². The minimum atomic E-state index is -0.402. The first kappa shape index (κ1) is 15.3. The number of anilines is 1. The molecule has 9 heteroatoms. The summed E-state index contributed by atoms with van der Waals surface area (Å²) in [6.45, 7) is 0.0701. The van der Waals surface area contributed by atoms with Gasteiger partial charge in [0.25, 0.3) is 5.91 Å². The van der Waals surface area contributed by atoms with Crippen LogP contribution in [0, 0.1) is 0 Å². The first-order chi connectivity index (χ1) is 9.99. The lowest BCUT2D eigenvalue weighted by molar-refractivity contribution is -0.121. The van der Waals surface area contributed by atoms with Crippen molar-refractivity contribution in [2.75, 3.05) is 12.4 Å². The van der Waals surface area contributed by atoms with Gasteiger partial charge in [-0.2, -0.15) is 5.10 Å². The zero-order valence-electron chi connectivity index (χ0n) is 10.9. The number of hydrogen-bond acceptors (Lipinski definition) is 4. The molecule has 0 saturated carbocycles. The Kier molecular flexibility index (Phi) is 4.77. The smallest absolute Gasteiger partial charge is 0.257 e. The maximum atomic E-state index is 12.0. The molecular weight excluding hydrogens is 317 g/mol. The summed E-state index contributed by atoms with van der Waals surface area (Å²) in [5, 5.41) is 9.39. The first-order valence-electron chi connectivity index (χ1n) is 5.85. The standard InChI is InChI=1S/C12H11Cl2N5O2/c1-15-10(20)6-19-5-8(4-17-19)18-12(21)7-2-9(13)11(14)16-3-7/h2-5H,6H2,1H3,(H,15,20)(H,18,21). The van der Waals surface area contributed by atoms with Gasteiger partial charge in [-0.1, -0.05) is 23.2 Å². The second kappa shape index (κ2) is 6.55. The minimum absolute atomic E-state index is 0.0701. The van der Waals surface area contributed by atoms with Crippen LogP contribution in [0.4, 0.5) is 5.69 Å². The average Bonchev–Trinajstić information content (AvgIpc) is 2.88. The van der Waals surface area contributed by atoms with Crippen molar-refractivity contribution < 1.29 is 9.59 Å². The van der Waals surface area contributed by atoms with Gasteiger partial charge >= 0.3 is 0 Å². The molecule has 2 amide bonds. The van der Waals surface area contributed by atoms with E-state index in [1.54, 1.807) is 0 Å². The SMILES string of the molecule is CNC(=O)Cn1cc(NC(=O)c2cnc(Cl)c(Cl)c2)cn1. The first-order valence-corrected chi connectivity index (χ1v) is 6.60. The number of amides is 2. The second-order valence-corrected chi connectivity index (χ2v) is 4.82. The van der Waals surface area contributed by atoms with Crippen molar-refractivity contribution in [3.05, 3.63) is 40.4 Å². The van der Waals surface area contributed by atoms with Gasteiger partial charge in [0.1, 0.15) is 11.7 Å². The summed E-state index contributed by atoms with van der Waals surface area (Å²) in [7, 11) is 1.53. The highest BCUT2D eigenvalue weighted by Crippen LogP contribution is 2.20. The third kappa shape index (κ3) is 3.93. The number of likely N-dealkylation sites (N-methyl/N-ethyl adjacent to an activating group) is 1. The average molecular weight is 328 g/mol. The monoisotopic (exact) mass is 327 g/mol. The molecule has 0 aromatic carbocycles. The summed E-state index contributed by atoms with van der Waals surface area (Å²) >= 11 is 11.5. The second-order valence-electron chi connectivity index (χ2n) is 4.05. The largest absolute Gasteiger partial charge is 0.358 e. The number of nitrogens with one attached hydrogen (secondary N) is 2. The van der Waals surface area contributed by atoms with E-state index in [1.165, 1.54) is 36.4 Å². The van der Waals surface area contributed by atoms with E-state index < -0.39 is 5.91 Å². The van der Waals surface area contributed by atoms with E-state index in [9.17, 15) is 9.59 Å². The molecule has 0 aliphatic rings. The molecule has 0 unspecified atom stereocenters. The molecule has 2 rings (SSSR count). The van der Waals surface area contributed by atoms with Crippen molar-refractivity contribution in [2.24, 2.45) is 0 Å².